The number of carboxylic acid groups (broad SMARTS) is 1. The molecule has 0 atom stereocenters. The van der Waals surface area contributed by atoms with Crippen molar-refractivity contribution >= 4 is 34.2 Å². The van der Waals surface area contributed by atoms with Gasteiger partial charge in [-0.1, -0.05) is 29.5 Å². The van der Waals surface area contributed by atoms with E-state index in [1.54, 1.807) is 12.1 Å². The van der Waals surface area contributed by atoms with E-state index < -0.39 is 17.3 Å². The number of benzene rings is 2. The van der Waals surface area contributed by atoms with Crippen LogP contribution in [0.2, 0.25) is 5.02 Å². The number of hydrogen-bond donors (Lipinski definition) is 1. The number of carbonyl (C=O) groups excluding carboxylic acids is 1. The number of carbonyl (C=O) groups is 1. The van der Waals surface area contributed by atoms with Crippen molar-refractivity contribution in [1.82, 2.24) is 14.8 Å². The van der Waals surface area contributed by atoms with Gasteiger partial charge in [0.05, 0.1) is 17.2 Å². The smallest absolute Gasteiger partial charge is 0.870 e. The number of fused-ring (bicyclic) bond motifs is 1. The van der Waals surface area contributed by atoms with E-state index in [2.05, 4.69) is 15.0 Å². The second-order valence-electron chi connectivity index (χ2n) is 8.07. The summed E-state index contributed by atoms with van der Waals surface area (Å²) in [4.78, 5) is 28.6. The molecule has 2 aromatic carbocycles. The number of aromatic amines is 1. The Bertz CT molecular complexity index is 1430. The van der Waals surface area contributed by atoms with E-state index in [4.69, 9.17) is 11.6 Å². The molecule has 1 fully saturated rings. The summed E-state index contributed by atoms with van der Waals surface area (Å²) in [5.41, 5.74) is 1.69. The summed E-state index contributed by atoms with van der Waals surface area (Å²) in [6.07, 6.45) is 5.73. The Morgan fingerprint density at radius 2 is 1.74 bits per heavy atom. The second-order valence-corrected chi connectivity index (χ2v) is 8.47. The quantitative estimate of drug-likeness (QED) is 0.268. The molecule has 1 saturated heterocycles. The van der Waals surface area contributed by atoms with Crippen molar-refractivity contribution in [3.63, 3.8) is 0 Å². The van der Waals surface area contributed by atoms with Crippen LogP contribution in [-0.4, -0.2) is 33.8 Å². The first-order valence-corrected chi connectivity index (χ1v) is 11.0. The molecule has 1 N–H and O–H groups in total. The number of nitrogens with zero attached hydrogens (tertiary/aromatic N) is 3. The average Bonchev–Trinajstić information content (AvgIpc) is 3.30. The van der Waals surface area contributed by atoms with Gasteiger partial charge in [-0.25, -0.2) is 4.68 Å². The van der Waals surface area contributed by atoms with Gasteiger partial charge in [-0.2, -0.15) is 5.10 Å². The molecule has 2 aromatic heterocycles. The molecular formula is C24H19ClK2N4O4. The van der Waals surface area contributed by atoms with E-state index in [0.717, 1.165) is 41.4 Å². The molecule has 3 heterocycles. The molecule has 0 unspecified atom stereocenters. The van der Waals surface area contributed by atoms with Gasteiger partial charge in [0.15, 0.2) is 0 Å². The number of rotatable bonds is 4. The first-order chi connectivity index (χ1) is 15.9. The molecule has 8 nitrogen and oxygen atoms in total. The summed E-state index contributed by atoms with van der Waals surface area (Å²) in [6, 6.07) is 11.2. The van der Waals surface area contributed by atoms with E-state index in [1.807, 2.05) is 24.3 Å². The van der Waals surface area contributed by atoms with Gasteiger partial charge >= 0.3 is 103 Å². The van der Waals surface area contributed by atoms with Crippen molar-refractivity contribution in [2.24, 2.45) is 0 Å². The first-order valence-electron chi connectivity index (χ1n) is 10.6. The standard InChI is InChI=1S/C24H21ClN4O4.2K/c25-19-11-20-18(22(30)21(23(31)27-20)29-13-15(12-26-29)24(32)33)10-17(19)14-4-6-16(7-5-14)28-8-2-1-3-9-28;;/h4-7,10-13H,1-3,8-9H2,(H,32,33)(H2,27,30,31);;/q;2*+1/p-2. The van der Waals surface area contributed by atoms with Crippen LogP contribution in [0.3, 0.4) is 0 Å². The molecule has 0 saturated carbocycles. The molecule has 1 aliphatic heterocycles. The molecule has 0 radical (unpaired) electrons. The largest absolute Gasteiger partial charge is 1.00 e. The maximum Gasteiger partial charge on any atom is 1.00 e. The van der Waals surface area contributed by atoms with Crippen LogP contribution in [0.4, 0.5) is 5.69 Å². The SMILES string of the molecule is O=C([O-])c1cnn(-c2c([O-])c3cc(-c4ccc(N5CCCCC5)cc4)c(Cl)cc3[nH]c2=O)c1.[K+].[K+]. The number of pyridine rings is 1. The molecule has 11 heteroatoms. The number of nitrogens with one attached hydrogen (secondary N) is 1. The Hall–Kier alpha value is -0.507. The molecular weight excluding hydrogens is 522 g/mol. The summed E-state index contributed by atoms with van der Waals surface area (Å²) in [7, 11) is 0. The Morgan fingerprint density at radius 1 is 1.06 bits per heavy atom. The third-order valence-corrected chi connectivity index (χ3v) is 6.29. The Labute approximate surface area is 291 Å². The third-order valence-electron chi connectivity index (χ3n) is 5.98. The maximum atomic E-state index is 13.2. The van der Waals surface area contributed by atoms with Gasteiger partial charge in [0.2, 0.25) is 0 Å². The van der Waals surface area contributed by atoms with Crippen LogP contribution in [-0.2, 0) is 0 Å². The first kappa shape index (κ1) is 29.1. The molecule has 0 bridgehead atoms. The molecule has 5 rings (SSSR count). The van der Waals surface area contributed by atoms with E-state index >= 15 is 0 Å². The van der Waals surface area contributed by atoms with Crippen LogP contribution in [0.5, 0.6) is 5.75 Å². The zero-order chi connectivity index (χ0) is 23.1. The minimum absolute atomic E-state index is 0. The molecule has 0 amide bonds. The monoisotopic (exact) mass is 540 g/mol. The van der Waals surface area contributed by atoms with Gasteiger partial charge in [-0.05, 0) is 54.5 Å². The Balaban J connectivity index is 0.00000171. The van der Waals surface area contributed by atoms with Gasteiger partial charge < -0.3 is 24.9 Å². The fourth-order valence-electron chi connectivity index (χ4n) is 4.26. The second kappa shape index (κ2) is 12.4. The van der Waals surface area contributed by atoms with Gasteiger partial charge in [0.1, 0.15) is 5.69 Å². The normalized spacial score (nSPS) is 13.2. The molecule has 1 aliphatic rings. The van der Waals surface area contributed by atoms with Crippen LogP contribution >= 0.6 is 11.6 Å². The van der Waals surface area contributed by atoms with Gasteiger partial charge in [0.25, 0.3) is 5.56 Å². The predicted octanol–water partition coefficient (Wildman–Crippen LogP) is -3.53. The summed E-state index contributed by atoms with van der Waals surface area (Å²) in [6.45, 7) is 2.08. The molecule has 35 heavy (non-hydrogen) atoms. The van der Waals surface area contributed by atoms with Crippen molar-refractivity contribution in [1.29, 1.82) is 0 Å². The number of aromatic nitrogens is 3. The average molecular weight is 541 g/mol. The summed E-state index contributed by atoms with van der Waals surface area (Å²) in [5.74, 6) is -2.03. The van der Waals surface area contributed by atoms with Crippen LogP contribution in [0.1, 0.15) is 29.6 Å². The van der Waals surface area contributed by atoms with Crippen LogP contribution in [0.25, 0.3) is 27.7 Å². The van der Waals surface area contributed by atoms with Crippen molar-refractivity contribution in [3.05, 3.63) is 69.7 Å². The number of piperidine rings is 1. The third kappa shape index (κ3) is 5.99. The fourth-order valence-corrected chi connectivity index (χ4v) is 4.53. The summed E-state index contributed by atoms with van der Waals surface area (Å²) >= 11 is 6.50. The number of carboxylic acids is 1. The van der Waals surface area contributed by atoms with Gasteiger partial charge in [-0.15, -0.1) is 0 Å². The number of aromatic carboxylic acids is 1. The Morgan fingerprint density at radius 3 is 2.37 bits per heavy atom. The Kier molecular flexibility index (Phi) is 10.3. The van der Waals surface area contributed by atoms with Crippen molar-refractivity contribution < 1.29 is 118 Å². The minimum atomic E-state index is -1.45. The van der Waals surface area contributed by atoms with Crippen molar-refractivity contribution in [3.8, 4) is 22.6 Å². The van der Waals surface area contributed by atoms with Gasteiger partial charge in [0, 0.05) is 41.6 Å². The van der Waals surface area contributed by atoms with Crippen LogP contribution in [0.15, 0.2) is 53.6 Å². The summed E-state index contributed by atoms with van der Waals surface area (Å²) in [5, 5.41) is 28.7. The molecule has 168 valence electrons. The number of hydrogen-bond acceptors (Lipinski definition) is 6. The van der Waals surface area contributed by atoms with E-state index in [-0.39, 0.29) is 119 Å². The molecule has 4 aromatic rings. The number of anilines is 1. The van der Waals surface area contributed by atoms with E-state index in [9.17, 15) is 19.8 Å². The minimum Gasteiger partial charge on any atom is -0.870 e. The zero-order valence-corrected chi connectivity index (χ0v) is 26.5. The maximum absolute atomic E-state index is 13.2. The molecule has 0 spiro atoms. The predicted molar refractivity (Wildman–Crippen MR) is 122 cm³/mol. The van der Waals surface area contributed by atoms with Crippen molar-refractivity contribution in [2.75, 3.05) is 18.0 Å². The topological polar surface area (TPSA) is 117 Å². The van der Waals surface area contributed by atoms with Crippen LogP contribution < -0.4 is 123 Å². The van der Waals surface area contributed by atoms with Crippen LogP contribution in [0, 0.1) is 0 Å². The van der Waals surface area contributed by atoms with E-state index in [0.29, 0.717) is 16.1 Å². The van der Waals surface area contributed by atoms with E-state index in [1.165, 1.54) is 19.3 Å². The number of halogens is 1. The van der Waals surface area contributed by atoms with Crippen molar-refractivity contribution in [2.45, 2.75) is 19.3 Å². The summed E-state index contributed by atoms with van der Waals surface area (Å²) < 4.78 is 0.952. The zero-order valence-electron chi connectivity index (χ0n) is 19.5. The van der Waals surface area contributed by atoms with Gasteiger partial charge in [-0.3, -0.25) is 4.79 Å². The fraction of sp³-hybridized carbons (Fsp3) is 0.208. The number of H-pyrrole nitrogens is 1. The molecule has 0 aliphatic carbocycles.